The van der Waals surface area contributed by atoms with Crippen molar-refractivity contribution in [2.45, 2.75) is 11.8 Å². The summed E-state index contributed by atoms with van der Waals surface area (Å²) in [6.45, 7) is 1.70. The van der Waals surface area contributed by atoms with E-state index in [0.717, 1.165) is 12.1 Å². The molecule has 1 aromatic carbocycles. The molecule has 19 heavy (non-hydrogen) atoms. The zero-order chi connectivity index (χ0) is 14.2. The summed E-state index contributed by atoms with van der Waals surface area (Å²) in [7, 11) is -3.75. The van der Waals surface area contributed by atoms with Crippen molar-refractivity contribution >= 4 is 48.7 Å². The highest BCUT2D eigenvalue weighted by atomic mass is 79.9. The molecular formula is C11H10BrFN2O2S2. The number of nitrogens with one attached hydrogen (secondary N) is 1. The molecule has 0 unspecified atom stereocenters. The van der Waals surface area contributed by atoms with Gasteiger partial charge in [0.25, 0.3) is 10.0 Å². The first-order chi connectivity index (χ1) is 8.78. The van der Waals surface area contributed by atoms with Crippen LogP contribution in [0.15, 0.2) is 32.9 Å². The van der Waals surface area contributed by atoms with E-state index in [9.17, 15) is 12.8 Å². The average molecular weight is 365 g/mol. The second-order valence-corrected chi connectivity index (χ2v) is 8.14. The van der Waals surface area contributed by atoms with Gasteiger partial charge < -0.3 is 5.73 Å². The molecule has 0 bridgehead atoms. The van der Waals surface area contributed by atoms with Gasteiger partial charge in [0.1, 0.15) is 10.7 Å². The molecule has 0 aliphatic heterocycles. The number of hydrogen-bond acceptors (Lipinski definition) is 4. The first-order valence-electron chi connectivity index (χ1n) is 5.13. The molecule has 2 rings (SSSR count). The minimum Gasteiger partial charge on any atom is -0.399 e. The van der Waals surface area contributed by atoms with Gasteiger partial charge >= 0.3 is 0 Å². The van der Waals surface area contributed by atoms with Gasteiger partial charge in [-0.15, -0.1) is 11.3 Å². The molecule has 4 nitrogen and oxygen atoms in total. The third kappa shape index (κ3) is 3.26. The van der Waals surface area contributed by atoms with Crippen molar-refractivity contribution in [3.63, 3.8) is 0 Å². The van der Waals surface area contributed by atoms with Gasteiger partial charge in [0.15, 0.2) is 0 Å². The van der Waals surface area contributed by atoms with E-state index in [4.69, 9.17) is 5.73 Å². The summed E-state index contributed by atoms with van der Waals surface area (Å²) in [5.74, 6) is -0.596. The Hall–Kier alpha value is -1.12. The molecule has 3 N–H and O–H groups in total. The minimum absolute atomic E-state index is 0.0965. The topological polar surface area (TPSA) is 72.2 Å². The molecule has 2 aromatic rings. The molecule has 102 valence electrons. The Kier molecular flexibility index (Phi) is 3.84. The van der Waals surface area contributed by atoms with Gasteiger partial charge in [0.2, 0.25) is 0 Å². The third-order valence-corrected chi connectivity index (χ3v) is 5.49. The van der Waals surface area contributed by atoms with E-state index in [1.165, 1.54) is 23.5 Å². The normalized spacial score (nSPS) is 11.5. The molecule has 0 radical (unpaired) electrons. The molecule has 0 atom stereocenters. The Morgan fingerprint density at radius 1 is 1.32 bits per heavy atom. The Bertz CT molecular complexity index is 708. The van der Waals surface area contributed by atoms with Crippen LogP contribution in [0.1, 0.15) is 4.88 Å². The van der Waals surface area contributed by atoms with Crippen LogP contribution in [0.2, 0.25) is 0 Å². The number of rotatable bonds is 3. The summed E-state index contributed by atoms with van der Waals surface area (Å²) >= 11 is 4.54. The smallest absolute Gasteiger partial charge is 0.263 e. The number of aryl methyl sites for hydroxylation is 1. The van der Waals surface area contributed by atoms with E-state index in [2.05, 4.69) is 20.7 Å². The first kappa shape index (κ1) is 14.3. The van der Waals surface area contributed by atoms with E-state index in [0.29, 0.717) is 8.66 Å². The Labute approximate surface area is 122 Å². The van der Waals surface area contributed by atoms with Crippen LogP contribution in [-0.2, 0) is 10.0 Å². The molecule has 0 aliphatic carbocycles. The second-order valence-electron chi connectivity index (χ2n) is 3.85. The lowest BCUT2D eigenvalue weighted by Gasteiger charge is -2.08. The number of anilines is 2. The van der Waals surface area contributed by atoms with Crippen LogP contribution >= 0.6 is 27.3 Å². The van der Waals surface area contributed by atoms with Gasteiger partial charge in [-0.3, -0.25) is 4.72 Å². The summed E-state index contributed by atoms with van der Waals surface area (Å²) in [6.07, 6.45) is 0. The van der Waals surface area contributed by atoms with Crippen molar-refractivity contribution in [1.29, 1.82) is 0 Å². The predicted octanol–water partition coefficient (Wildman–Crippen LogP) is 3.34. The molecule has 0 saturated carbocycles. The van der Waals surface area contributed by atoms with Gasteiger partial charge in [0.05, 0.1) is 9.47 Å². The first-order valence-corrected chi connectivity index (χ1v) is 8.22. The molecule has 0 aliphatic rings. The molecular weight excluding hydrogens is 355 g/mol. The highest BCUT2D eigenvalue weighted by Gasteiger charge is 2.20. The van der Waals surface area contributed by atoms with Crippen molar-refractivity contribution in [2.24, 2.45) is 0 Å². The van der Waals surface area contributed by atoms with Crippen LogP contribution in [0.3, 0.4) is 0 Å². The Morgan fingerprint density at radius 3 is 2.53 bits per heavy atom. The second kappa shape index (κ2) is 5.10. The van der Waals surface area contributed by atoms with E-state index < -0.39 is 15.8 Å². The Morgan fingerprint density at radius 2 is 2.00 bits per heavy atom. The highest BCUT2D eigenvalue weighted by Crippen LogP contribution is 2.31. The van der Waals surface area contributed by atoms with Gasteiger partial charge in [0, 0.05) is 10.6 Å². The van der Waals surface area contributed by atoms with Crippen molar-refractivity contribution in [2.75, 3.05) is 10.5 Å². The van der Waals surface area contributed by atoms with Crippen LogP contribution in [0.25, 0.3) is 0 Å². The Balaban J connectivity index is 2.39. The van der Waals surface area contributed by atoms with Crippen molar-refractivity contribution in [3.05, 3.63) is 38.7 Å². The third-order valence-electron chi connectivity index (χ3n) is 2.30. The number of halogens is 2. The molecule has 8 heteroatoms. The largest absolute Gasteiger partial charge is 0.399 e. The zero-order valence-electron chi connectivity index (χ0n) is 9.78. The van der Waals surface area contributed by atoms with Crippen LogP contribution in [0.5, 0.6) is 0 Å². The van der Waals surface area contributed by atoms with E-state index in [1.54, 1.807) is 6.92 Å². The molecule has 0 fully saturated rings. The maximum absolute atomic E-state index is 13.2. The predicted molar refractivity (Wildman–Crippen MR) is 78.4 cm³/mol. The SMILES string of the molecule is Cc1sc(Br)cc1S(=O)(=O)Nc1cc(N)cc(F)c1. The summed E-state index contributed by atoms with van der Waals surface area (Å²) in [6, 6.07) is 5.05. The van der Waals surface area contributed by atoms with E-state index >= 15 is 0 Å². The summed E-state index contributed by atoms with van der Waals surface area (Å²) in [4.78, 5) is 0.802. The summed E-state index contributed by atoms with van der Waals surface area (Å²) in [5, 5.41) is 0. The fraction of sp³-hybridized carbons (Fsp3) is 0.0909. The fourth-order valence-corrected chi connectivity index (χ4v) is 5.03. The number of thiophene rings is 1. The fourth-order valence-electron chi connectivity index (χ4n) is 1.58. The van der Waals surface area contributed by atoms with Gasteiger partial charge in [-0.05, 0) is 47.1 Å². The van der Waals surface area contributed by atoms with Crippen molar-refractivity contribution < 1.29 is 12.8 Å². The number of benzene rings is 1. The maximum Gasteiger partial charge on any atom is 0.263 e. The quantitative estimate of drug-likeness (QED) is 0.820. The van der Waals surface area contributed by atoms with E-state index in [1.807, 2.05) is 0 Å². The molecule has 0 saturated heterocycles. The van der Waals surface area contributed by atoms with Gasteiger partial charge in [-0.25, -0.2) is 12.8 Å². The minimum atomic E-state index is -3.75. The van der Waals surface area contributed by atoms with Crippen molar-refractivity contribution in [3.8, 4) is 0 Å². The van der Waals surface area contributed by atoms with Crippen LogP contribution in [-0.4, -0.2) is 8.42 Å². The number of hydrogen-bond donors (Lipinski definition) is 2. The van der Waals surface area contributed by atoms with E-state index in [-0.39, 0.29) is 16.3 Å². The number of nitrogen functional groups attached to an aromatic ring is 1. The summed E-state index contributed by atoms with van der Waals surface area (Å²) < 4.78 is 40.5. The zero-order valence-corrected chi connectivity index (χ0v) is 13.0. The van der Waals surface area contributed by atoms with Crippen LogP contribution in [0.4, 0.5) is 15.8 Å². The summed E-state index contributed by atoms with van der Waals surface area (Å²) in [5.41, 5.74) is 5.72. The molecule has 0 amide bonds. The monoisotopic (exact) mass is 364 g/mol. The number of sulfonamides is 1. The maximum atomic E-state index is 13.2. The molecule has 1 heterocycles. The van der Waals surface area contributed by atoms with Crippen molar-refractivity contribution in [1.82, 2.24) is 0 Å². The van der Waals surface area contributed by atoms with Crippen LogP contribution < -0.4 is 10.5 Å². The van der Waals surface area contributed by atoms with Crippen LogP contribution in [0, 0.1) is 12.7 Å². The lowest BCUT2D eigenvalue weighted by molar-refractivity contribution is 0.601. The standard InChI is InChI=1S/C11H10BrFN2O2S2/c1-6-10(5-11(12)18-6)19(16,17)15-9-3-7(13)2-8(14)4-9/h2-5,15H,14H2,1H3. The lowest BCUT2D eigenvalue weighted by atomic mass is 10.3. The molecule has 0 spiro atoms. The lowest BCUT2D eigenvalue weighted by Crippen LogP contribution is -2.13. The molecule has 1 aromatic heterocycles. The van der Waals surface area contributed by atoms with Gasteiger partial charge in [-0.1, -0.05) is 0 Å². The highest BCUT2D eigenvalue weighted by molar-refractivity contribution is 9.11. The van der Waals surface area contributed by atoms with Gasteiger partial charge in [-0.2, -0.15) is 0 Å². The average Bonchev–Trinajstić information content (AvgIpc) is 2.56. The number of nitrogens with two attached hydrogens (primary N) is 1.